The van der Waals surface area contributed by atoms with E-state index in [2.05, 4.69) is 10.1 Å². The average molecular weight is 336 g/mol. The summed E-state index contributed by atoms with van der Waals surface area (Å²) < 4.78 is 28.3. The molecule has 0 aliphatic rings. The van der Waals surface area contributed by atoms with Gasteiger partial charge in [0, 0.05) is 20.4 Å². The van der Waals surface area contributed by atoms with E-state index in [4.69, 9.17) is 4.74 Å². The molecular weight excluding hydrogens is 320 g/mol. The quantitative estimate of drug-likeness (QED) is 0.769. The van der Waals surface area contributed by atoms with E-state index in [9.17, 15) is 18.0 Å². The Bertz CT molecular complexity index is 714. The lowest BCUT2D eigenvalue weighted by Crippen LogP contribution is -2.30. The van der Waals surface area contributed by atoms with E-state index < -0.39 is 28.1 Å². The second-order valence-electron chi connectivity index (χ2n) is 4.56. The maximum absolute atomic E-state index is 11.9. The number of carbonyl (C=O) groups excluding carboxylic acids is 2. The number of nitrogens with zero attached hydrogens (tertiary/aromatic N) is 4. The fourth-order valence-electron chi connectivity index (χ4n) is 1.04. The normalized spacial score (nSPS) is 12.6. The molecule has 0 aliphatic carbocycles. The lowest BCUT2D eigenvalue weighted by molar-refractivity contribution is 0.113. The third-order valence-electron chi connectivity index (χ3n) is 1.94. The van der Waals surface area contributed by atoms with Crippen molar-refractivity contribution in [1.82, 2.24) is 14.7 Å². The summed E-state index contributed by atoms with van der Waals surface area (Å²) in [5.41, 5.74) is 0. The molecule has 0 aliphatic heterocycles. The predicted molar refractivity (Wildman–Crippen MR) is 74.9 cm³/mol. The van der Waals surface area contributed by atoms with Gasteiger partial charge in [0.05, 0.1) is 6.10 Å². The summed E-state index contributed by atoms with van der Waals surface area (Å²) in [7, 11) is -0.682. The predicted octanol–water partition coefficient (Wildman–Crippen LogP) is 0.324. The first kappa shape index (κ1) is 17.3. The smallest absolute Gasteiger partial charge is 0.437 e. The minimum Gasteiger partial charge on any atom is -0.445 e. The Hall–Kier alpha value is -1.75. The zero-order valence-corrected chi connectivity index (χ0v) is 13.9. The van der Waals surface area contributed by atoms with Gasteiger partial charge in [0.15, 0.2) is 0 Å². The largest absolute Gasteiger partial charge is 0.445 e. The van der Waals surface area contributed by atoms with Crippen LogP contribution in [0.4, 0.5) is 9.59 Å². The van der Waals surface area contributed by atoms with E-state index in [1.807, 2.05) is 0 Å². The van der Waals surface area contributed by atoms with Crippen molar-refractivity contribution in [2.45, 2.75) is 24.3 Å². The van der Waals surface area contributed by atoms with Gasteiger partial charge in [-0.15, -0.1) is 9.78 Å². The van der Waals surface area contributed by atoms with Gasteiger partial charge in [-0.1, -0.05) is 11.3 Å². The molecular formula is C10H16N4O5S2. The van der Waals surface area contributed by atoms with Gasteiger partial charge >= 0.3 is 12.1 Å². The van der Waals surface area contributed by atoms with Crippen molar-refractivity contribution in [3.8, 4) is 0 Å². The molecule has 1 aromatic heterocycles. The first-order chi connectivity index (χ1) is 9.52. The zero-order chi connectivity index (χ0) is 16.4. The molecule has 9 nitrogen and oxygen atoms in total. The second-order valence-corrected chi connectivity index (χ2v) is 7.70. The molecule has 0 atom stereocenters. The first-order valence-corrected chi connectivity index (χ1v) is 8.50. The Balaban J connectivity index is 3.44. The summed E-state index contributed by atoms with van der Waals surface area (Å²) >= 11 is 0.616. The van der Waals surface area contributed by atoms with Gasteiger partial charge < -0.3 is 9.64 Å². The molecule has 11 heteroatoms. The van der Waals surface area contributed by atoms with Gasteiger partial charge in [0.1, 0.15) is 0 Å². The molecule has 1 aromatic rings. The number of carbonyl (C=O) groups is 2. The van der Waals surface area contributed by atoms with Crippen LogP contribution in [0.3, 0.4) is 0 Å². The van der Waals surface area contributed by atoms with Crippen LogP contribution in [0.2, 0.25) is 0 Å². The van der Waals surface area contributed by atoms with E-state index in [1.54, 1.807) is 13.8 Å². The van der Waals surface area contributed by atoms with E-state index in [-0.39, 0.29) is 9.14 Å². The van der Waals surface area contributed by atoms with Gasteiger partial charge in [-0.3, -0.25) is 0 Å². The Labute approximate surface area is 125 Å². The third kappa shape index (κ3) is 4.63. The van der Waals surface area contributed by atoms with E-state index in [1.165, 1.54) is 19.0 Å². The highest BCUT2D eigenvalue weighted by Crippen LogP contribution is 2.08. The number of hydrogen-bond acceptors (Lipinski definition) is 7. The highest BCUT2D eigenvalue weighted by atomic mass is 32.2. The lowest BCUT2D eigenvalue weighted by atomic mass is 10.5. The van der Waals surface area contributed by atoms with Gasteiger partial charge in [0.2, 0.25) is 19.0 Å². The zero-order valence-electron chi connectivity index (χ0n) is 12.2. The first-order valence-electron chi connectivity index (χ1n) is 5.79. The topological polar surface area (TPSA) is 111 Å². The molecule has 0 saturated heterocycles. The maximum Gasteiger partial charge on any atom is 0.437 e. The summed E-state index contributed by atoms with van der Waals surface area (Å²) in [5.74, 6) is 0. The Kier molecular flexibility index (Phi) is 5.23. The van der Waals surface area contributed by atoms with Gasteiger partial charge in [-0.25, -0.2) is 18.0 Å². The minimum absolute atomic E-state index is 0.167. The van der Waals surface area contributed by atoms with Crippen LogP contribution < -0.4 is 4.80 Å². The molecule has 0 spiro atoms. The van der Waals surface area contributed by atoms with Crippen LogP contribution in [0.5, 0.6) is 0 Å². The van der Waals surface area contributed by atoms with Crippen LogP contribution in [0.25, 0.3) is 0 Å². The molecule has 0 fully saturated rings. The van der Waals surface area contributed by atoms with Crippen molar-refractivity contribution in [3.63, 3.8) is 0 Å². The van der Waals surface area contributed by atoms with Crippen molar-refractivity contribution in [2.24, 2.45) is 4.99 Å². The monoisotopic (exact) mass is 336 g/mol. The SMILES string of the molecule is CC(C)OC(=O)n1nc(S(C)(=O)=O)sc1=NC(=O)N(C)C. The summed E-state index contributed by atoms with van der Waals surface area (Å²) in [6.45, 7) is 3.26. The molecule has 21 heavy (non-hydrogen) atoms. The molecule has 0 bridgehead atoms. The van der Waals surface area contributed by atoms with Crippen molar-refractivity contribution < 1.29 is 22.7 Å². The Morgan fingerprint density at radius 2 is 1.95 bits per heavy atom. The number of hydrogen-bond donors (Lipinski definition) is 0. The van der Waals surface area contributed by atoms with Crippen molar-refractivity contribution in [1.29, 1.82) is 0 Å². The minimum atomic E-state index is -3.63. The standard InChI is InChI=1S/C10H16N4O5S2/c1-6(2)19-10(16)14-8(11-7(15)13(3)4)20-9(12-14)21(5,17)18/h6H,1-5H3. The molecule has 0 N–H and O–H groups in total. The molecule has 0 saturated carbocycles. The highest BCUT2D eigenvalue weighted by Gasteiger charge is 2.21. The maximum atomic E-state index is 11.9. The van der Waals surface area contributed by atoms with Crippen molar-refractivity contribution >= 4 is 33.3 Å². The molecule has 0 aromatic carbocycles. The van der Waals surface area contributed by atoms with Crippen molar-refractivity contribution in [2.75, 3.05) is 20.4 Å². The van der Waals surface area contributed by atoms with E-state index >= 15 is 0 Å². The lowest BCUT2D eigenvalue weighted by Gasteiger charge is -2.07. The van der Waals surface area contributed by atoms with Crippen LogP contribution in [-0.2, 0) is 14.6 Å². The molecule has 1 heterocycles. The van der Waals surface area contributed by atoms with Gasteiger partial charge in [-0.2, -0.15) is 4.99 Å². The molecule has 2 amide bonds. The number of ether oxygens (including phenoxy) is 1. The Morgan fingerprint density at radius 3 is 2.38 bits per heavy atom. The van der Waals surface area contributed by atoms with Gasteiger partial charge in [-0.05, 0) is 13.8 Å². The fourth-order valence-corrected chi connectivity index (χ4v) is 2.70. The summed E-state index contributed by atoms with van der Waals surface area (Å²) in [6, 6.07) is -0.648. The van der Waals surface area contributed by atoms with Crippen LogP contribution in [0.15, 0.2) is 9.33 Å². The number of aromatic nitrogens is 2. The average Bonchev–Trinajstić information content (AvgIpc) is 2.71. The summed E-state index contributed by atoms with van der Waals surface area (Å²) in [5, 5.41) is 3.66. The number of urea groups is 1. The number of amides is 2. The van der Waals surface area contributed by atoms with E-state index in [0.29, 0.717) is 16.0 Å². The Morgan fingerprint density at radius 1 is 1.38 bits per heavy atom. The van der Waals surface area contributed by atoms with Crippen molar-refractivity contribution in [3.05, 3.63) is 4.80 Å². The molecule has 118 valence electrons. The second kappa shape index (κ2) is 6.35. The highest BCUT2D eigenvalue weighted by molar-refractivity contribution is 7.92. The fraction of sp³-hybridized carbons (Fsp3) is 0.600. The molecule has 0 radical (unpaired) electrons. The van der Waals surface area contributed by atoms with Gasteiger partial charge in [0.25, 0.3) is 0 Å². The molecule has 1 rings (SSSR count). The number of rotatable bonds is 2. The summed E-state index contributed by atoms with van der Waals surface area (Å²) in [4.78, 5) is 28.1. The van der Waals surface area contributed by atoms with Crippen LogP contribution in [0, 0.1) is 0 Å². The van der Waals surface area contributed by atoms with Crippen LogP contribution >= 0.6 is 11.3 Å². The summed E-state index contributed by atoms with van der Waals surface area (Å²) in [6.07, 6.45) is -0.381. The third-order valence-corrected chi connectivity index (χ3v) is 4.52. The molecule has 0 unspecified atom stereocenters. The van der Waals surface area contributed by atoms with E-state index in [0.717, 1.165) is 6.26 Å². The number of sulfone groups is 1. The van der Waals surface area contributed by atoms with Crippen LogP contribution in [0.1, 0.15) is 13.8 Å². The van der Waals surface area contributed by atoms with Crippen LogP contribution in [-0.4, -0.2) is 61.7 Å².